The second-order valence-electron chi connectivity index (χ2n) is 10.9. The number of rotatable bonds is 14. The van der Waals surface area contributed by atoms with Crippen LogP contribution in [0.15, 0.2) is 48.5 Å². The molecule has 0 unspecified atom stereocenters. The SMILES string of the molecule is COC[C@@H]1CCCN1C[C@H]1C[C@@H](c2ccc(CO)cc2)O[C@@H](c2ccc(CNC(=O)CCCCC(=O)NO)cc2)O1. The molecular weight excluding hydrogens is 526 g/mol. The number of hydroxylamine groups is 1. The van der Waals surface area contributed by atoms with Crippen LogP contribution >= 0.6 is 0 Å². The van der Waals surface area contributed by atoms with E-state index in [1.807, 2.05) is 48.5 Å². The number of ether oxygens (including phenoxy) is 3. The fourth-order valence-corrected chi connectivity index (χ4v) is 5.52. The monoisotopic (exact) mass is 569 g/mol. The van der Waals surface area contributed by atoms with Gasteiger partial charge in [-0.05, 0) is 48.9 Å². The highest BCUT2D eigenvalue weighted by molar-refractivity contribution is 5.76. The number of carbonyl (C=O) groups excluding carboxylic acids is 2. The number of aliphatic hydroxyl groups excluding tert-OH is 1. The lowest BCUT2D eigenvalue weighted by Gasteiger charge is -2.38. The fourth-order valence-electron chi connectivity index (χ4n) is 5.52. The van der Waals surface area contributed by atoms with E-state index in [0.29, 0.717) is 31.8 Å². The van der Waals surface area contributed by atoms with Gasteiger partial charge in [-0.3, -0.25) is 19.7 Å². The highest BCUT2D eigenvalue weighted by Crippen LogP contribution is 2.38. The van der Waals surface area contributed by atoms with Crippen molar-refractivity contribution in [3.63, 3.8) is 0 Å². The van der Waals surface area contributed by atoms with Crippen LogP contribution in [0.4, 0.5) is 0 Å². The van der Waals surface area contributed by atoms with Crippen LogP contribution in [-0.2, 0) is 37.0 Å². The van der Waals surface area contributed by atoms with Gasteiger partial charge in [-0.2, -0.15) is 0 Å². The van der Waals surface area contributed by atoms with E-state index < -0.39 is 12.2 Å². The second kappa shape index (κ2) is 16.0. The van der Waals surface area contributed by atoms with Gasteiger partial charge in [0.2, 0.25) is 11.8 Å². The number of amides is 2. The maximum absolute atomic E-state index is 12.2. The van der Waals surface area contributed by atoms with Crippen LogP contribution < -0.4 is 10.8 Å². The third-order valence-electron chi connectivity index (χ3n) is 7.84. The molecule has 2 aromatic carbocycles. The van der Waals surface area contributed by atoms with Crippen LogP contribution in [-0.4, -0.2) is 66.0 Å². The van der Waals surface area contributed by atoms with E-state index in [9.17, 15) is 14.7 Å². The van der Waals surface area contributed by atoms with E-state index in [4.69, 9.17) is 19.4 Å². The highest BCUT2D eigenvalue weighted by Gasteiger charge is 2.35. The molecule has 4 N–H and O–H groups in total. The summed E-state index contributed by atoms with van der Waals surface area (Å²) in [7, 11) is 1.75. The molecule has 41 heavy (non-hydrogen) atoms. The van der Waals surface area contributed by atoms with E-state index in [-0.39, 0.29) is 31.1 Å². The van der Waals surface area contributed by atoms with E-state index in [2.05, 4.69) is 10.2 Å². The molecule has 0 aromatic heterocycles. The van der Waals surface area contributed by atoms with Crippen molar-refractivity contribution in [2.24, 2.45) is 0 Å². The minimum Gasteiger partial charge on any atom is -0.392 e. The zero-order valence-corrected chi connectivity index (χ0v) is 23.8. The van der Waals surface area contributed by atoms with Crippen LogP contribution in [0, 0.1) is 0 Å². The Kier molecular flexibility index (Phi) is 12.1. The maximum Gasteiger partial charge on any atom is 0.243 e. The summed E-state index contributed by atoms with van der Waals surface area (Å²) in [5.74, 6) is -0.524. The first kappa shape index (κ1) is 31.1. The smallest absolute Gasteiger partial charge is 0.243 e. The molecule has 0 bridgehead atoms. The topological polar surface area (TPSA) is 130 Å². The first-order valence-corrected chi connectivity index (χ1v) is 14.5. The van der Waals surface area contributed by atoms with Crippen LogP contribution in [0.3, 0.4) is 0 Å². The number of likely N-dealkylation sites (tertiary alicyclic amines) is 1. The molecule has 0 radical (unpaired) electrons. The number of nitrogens with one attached hydrogen (secondary N) is 2. The number of aliphatic hydroxyl groups is 1. The molecule has 10 heteroatoms. The van der Waals surface area contributed by atoms with Gasteiger partial charge in [-0.1, -0.05) is 48.5 Å². The Hall–Kier alpha value is -2.86. The standard InChI is InChI=1S/C31H43N3O7/c1-39-21-26-5-4-16-34(26)19-27-17-28(24-12-10-23(20-35)11-13-24)41-31(40-27)25-14-8-22(9-15-25)18-32-29(36)6-2-3-7-30(37)33-38/h8-15,26-28,31,35,38H,2-7,16-21H2,1H3,(H,32,36)(H,33,37)/t26-,27+,28-,31-/m0/s1. The highest BCUT2D eigenvalue weighted by atomic mass is 16.7. The normalized spacial score (nSPS) is 22.9. The largest absolute Gasteiger partial charge is 0.392 e. The average molecular weight is 570 g/mol. The molecule has 2 aliphatic heterocycles. The van der Waals surface area contributed by atoms with Crippen LogP contribution in [0.25, 0.3) is 0 Å². The zero-order valence-electron chi connectivity index (χ0n) is 23.8. The molecule has 4 atom stereocenters. The lowest BCUT2D eigenvalue weighted by Crippen LogP contribution is -2.42. The minimum absolute atomic E-state index is 0.00612. The van der Waals surface area contributed by atoms with Gasteiger partial charge in [0.05, 0.1) is 25.4 Å². The van der Waals surface area contributed by atoms with Gasteiger partial charge in [0.25, 0.3) is 0 Å². The molecule has 4 rings (SSSR count). The number of nitrogens with zero attached hydrogens (tertiary/aromatic N) is 1. The zero-order chi connectivity index (χ0) is 29.0. The Bertz CT molecular complexity index is 1100. The Morgan fingerprint density at radius 3 is 2.34 bits per heavy atom. The molecule has 2 saturated heterocycles. The van der Waals surface area contributed by atoms with Crippen molar-refractivity contribution in [2.75, 3.05) is 26.8 Å². The van der Waals surface area contributed by atoms with Crippen LogP contribution in [0.1, 0.15) is 79.6 Å². The van der Waals surface area contributed by atoms with Crippen LogP contribution in [0.5, 0.6) is 0 Å². The number of hydrogen-bond acceptors (Lipinski definition) is 8. The summed E-state index contributed by atoms with van der Waals surface area (Å²) in [6, 6.07) is 16.2. The molecule has 2 aliphatic rings. The number of carbonyl (C=O) groups is 2. The summed E-state index contributed by atoms with van der Waals surface area (Å²) in [6.07, 6.45) is 3.96. The van der Waals surface area contributed by atoms with E-state index in [0.717, 1.165) is 61.2 Å². The van der Waals surface area contributed by atoms with Gasteiger partial charge < -0.3 is 24.6 Å². The second-order valence-corrected chi connectivity index (χ2v) is 10.9. The summed E-state index contributed by atoms with van der Waals surface area (Å²) < 4.78 is 18.4. The summed E-state index contributed by atoms with van der Waals surface area (Å²) >= 11 is 0. The Labute approximate surface area is 241 Å². The molecule has 2 heterocycles. The van der Waals surface area contributed by atoms with Crippen molar-refractivity contribution >= 4 is 11.8 Å². The van der Waals surface area contributed by atoms with Crippen molar-refractivity contribution in [1.29, 1.82) is 0 Å². The summed E-state index contributed by atoms with van der Waals surface area (Å²) in [5.41, 5.74) is 5.40. The third-order valence-corrected chi connectivity index (χ3v) is 7.84. The Balaban J connectivity index is 1.37. The number of benzene rings is 2. The molecule has 224 valence electrons. The molecule has 0 saturated carbocycles. The van der Waals surface area contributed by atoms with Gasteiger partial charge in [-0.15, -0.1) is 0 Å². The van der Waals surface area contributed by atoms with Crippen molar-refractivity contribution < 1.29 is 34.1 Å². The average Bonchev–Trinajstić information content (AvgIpc) is 3.44. The van der Waals surface area contributed by atoms with Gasteiger partial charge in [0.1, 0.15) is 0 Å². The van der Waals surface area contributed by atoms with E-state index in [1.165, 1.54) is 0 Å². The summed E-state index contributed by atoms with van der Waals surface area (Å²) in [6.45, 7) is 2.98. The Morgan fingerprint density at radius 2 is 1.66 bits per heavy atom. The lowest BCUT2D eigenvalue weighted by atomic mass is 9.99. The molecule has 10 nitrogen and oxygen atoms in total. The molecule has 0 aliphatic carbocycles. The van der Waals surface area contributed by atoms with Crippen molar-refractivity contribution in [1.82, 2.24) is 15.7 Å². The summed E-state index contributed by atoms with van der Waals surface area (Å²) in [5, 5.41) is 20.9. The van der Waals surface area contributed by atoms with Crippen molar-refractivity contribution in [3.05, 3.63) is 70.8 Å². The number of hydrogen-bond donors (Lipinski definition) is 4. The number of methoxy groups -OCH3 is 1. The van der Waals surface area contributed by atoms with E-state index in [1.54, 1.807) is 12.6 Å². The molecule has 2 amide bonds. The van der Waals surface area contributed by atoms with Gasteiger partial charge in [0.15, 0.2) is 6.29 Å². The predicted octanol–water partition coefficient (Wildman–Crippen LogP) is 3.52. The Morgan fingerprint density at radius 1 is 0.976 bits per heavy atom. The maximum atomic E-state index is 12.2. The molecular formula is C31H43N3O7. The van der Waals surface area contributed by atoms with Gasteiger partial charge in [0, 0.05) is 51.1 Å². The molecule has 2 fully saturated rings. The molecule has 0 spiro atoms. The quantitative estimate of drug-likeness (QED) is 0.155. The van der Waals surface area contributed by atoms with Gasteiger partial charge in [-0.25, -0.2) is 5.48 Å². The number of unbranched alkanes of at least 4 members (excludes halogenated alkanes) is 1. The van der Waals surface area contributed by atoms with Crippen molar-refractivity contribution in [2.45, 2.75) is 82.6 Å². The fraction of sp³-hybridized carbons (Fsp3) is 0.548. The first-order valence-electron chi connectivity index (χ1n) is 14.5. The molecule has 2 aromatic rings. The van der Waals surface area contributed by atoms with E-state index >= 15 is 0 Å². The predicted molar refractivity (Wildman–Crippen MR) is 152 cm³/mol. The first-order chi connectivity index (χ1) is 20.0. The lowest BCUT2D eigenvalue weighted by molar-refractivity contribution is -0.253. The van der Waals surface area contributed by atoms with Crippen molar-refractivity contribution in [3.8, 4) is 0 Å². The van der Waals surface area contributed by atoms with Crippen LogP contribution in [0.2, 0.25) is 0 Å². The minimum atomic E-state index is -0.528. The van der Waals surface area contributed by atoms with Gasteiger partial charge >= 0.3 is 0 Å². The third kappa shape index (κ3) is 9.32. The summed E-state index contributed by atoms with van der Waals surface area (Å²) in [4.78, 5) is 25.7.